The number of amides is 1. The molecular formula is C18H26N2O5S. The second kappa shape index (κ2) is 7.73. The number of carbonyl (C=O) groups is 1. The minimum Gasteiger partial charge on any atom is -0.454 e. The number of anilines is 1. The Balaban J connectivity index is 1.62. The highest BCUT2D eigenvalue weighted by Gasteiger charge is 2.24. The molecule has 7 nitrogen and oxygen atoms in total. The summed E-state index contributed by atoms with van der Waals surface area (Å²) < 4.78 is 36.3. The zero-order valence-corrected chi connectivity index (χ0v) is 16.1. The summed E-state index contributed by atoms with van der Waals surface area (Å²) in [5, 5.41) is 0. The van der Waals surface area contributed by atoms with E-state index in [0.717, 1.165) is 12.8 Å². The summed E-state index contributed by atoms with van der Waals surface area (Å²) in [7, 11) is -1.61. The van der Waals surface area contributed by atoms with E-state index in [1.54, 1.807) is 18.2 Å². The Morgan fingerprint density at radius 1 is 1.19 bits per heavy atom. The van der Waals surface area contributed by atoms with Gasteiger partial charge >= 0.3 is 0 Å². The monoisotopic (exact) mass is 382 g/mol. The predicted molar refractivity (Wildman–Crippen MR) is 99.0 cm³/mol. The summed E-state index contributed by atoms with van der Waals surface area (Å²) in [6.45, 7) is 0.391. The van der Waals surface area contributed by atoms with Crippen molar-refractivity contribution in [2.75, 3.05) is 30.9 Å². The number of hydrogen-bond donors (Lipinski definition) is 0. The van der Waals surface area contributed by atoms with Crippen molar-refractivity contribution < 1.29 is 22.7 Å². The summed E-state index contributed by atoms with van der Waals surface area (Å²) in [5.74, 6) is 1.22. The van der Waals surface area contributed by atoms with Crippen LogP contribution in [0, 0.1) is 0 Å². The molecule has 0 bridgehead atoms. The Morgan fingerprint density at radius 3 is 2.58 bits per heavy atom. The van der Waals surface area contributed by atoms with E-state index in [-0.39, 0.29) is 19.2 Å². The van der Waals surface area contributed by atoms with Crippen LogP contribution in [0.2, 0.25) is 0 Å². The minimum atomic E-state index is -3.46. The highest BCUT2D eigenvalue weighted by atomic mass is 32.2. The topological polar surface area (TPSA) is 76.2 Å². The van der Waals surface area contributed by atoms with Gasteiger partial charge in [0.2, 0.25) is 22.7 Å². The van der Waals surface area contributed by atoms with Crippen molar-refractivity contribution in [2.45, 2.75) is 44.6 Å². The summed E-state index contributed by atoms with van der Waals surface area (Å²) in [6.07, 6.45) is 6.46. The fourth-order valence-electron chi connectivity index (χ4n) is 3.57. The number of rotatable bonds is 7. The van der Waals surface area contributed by atoms with Crippen molar-refractivity contribution in [2.24, 2.45) is 0 Å². The first-order valence-corrected chi connectivity index (χ1v) is 10.8. The van der Waals surface area contributed by atoms with Gasteiger partial charge in [0.1, 0.15) is 0 Å². The van der Waals surface area contributed by atoms with Crippen LogP contribution in [0.4, 0.5) is 5.69 Å². The van der Waals surface area contributed by atoms with E-state index in [2.05, 4.69) is 0 Å². The van der Waals surface area contributed by atoms with Gasteiger partial charge in [-0.05, 0) is 31.4 Å². The summed E-state index contributed by atoms with van der Waals surface area (Å²) >= 11 is 0. The van der Waals surface area contributed by atoms with Crippen LogP contribution >= 0.6 is 0 Å². The Bertz CT molecular complexity index is 759. The van der Waals surface area contributed by atoms with Gasteiger partial charge in [-0.15, -0.1) is 0 Å². The van der Waals surface area contributed by atoms with Gasteiger partial charge in [-0.1, -0.05) is 12.8 Å². The zero-order valence-electron chi connectivity index (χ0n) is 15.3. The van der Waals surface area contributed by atoms with Crippen LogP contribution in [-0.2, 0) is 14.8 Å². The van der Waals surface area contributed by atoms with Gasteiger partial charge in [-0.2, -0.15) is 0 Å². The molecule has 0 saturated heterocycles. The fraction of sp³-hybridized carbons (Fsp3) is 0.611. The second-order valence-corrected chi connectivity index (χ2v) is 8.83. The highest BCUT2D eigenvalue weighted by molar-refractivity contribution is 7.92. The molecule has 1 aromatic carbocycles. The molecule has 2 aliphatic rings. The van der Waals surface area contributed by atoms with Crippen molar-refractivity contribution >= 4 is 21.6 Å². The van der Waals surface area contributed by atoms with Crippen LogP contribution in [0.1, 0.15) is 38.5 Å². The molecule has 0 unspecified atom stereocenters. The highest BCUT2D eigenvalue weighted by Crippen LogP contribution is 2.36. The fourth-order valence-corrected chi connectivity index (χ4v) is 4.53. The molecule has 8 heteroatoms. The van der Waals surface area contributed by atoms with Gasteiger partial charge in [0.25, 0.3) is 0 Å². The number of hydrogen-bond acceptors (Lipinski definition) is 5. The van der Waals surface area contributed by atoms with E-state index in [0.29, 0.717) is 36.1 Å². The molecule has 3 rings (SSSR count). The number of carbonyl (C=O) groups excluding carboxylic acids is 1. The molecule has 1 aliphatic carbocycles. The van der Waals surface area contributed by atoms with Crippen LogP contribution in [-0.4, -0.2) is 51.9 Å². The number of benzene rings is 1. The van der Waals surface area contributed by atoms with E-state index in [1.165, 1.54) is 23.4 Å². The molecule has 144 valence electrons. The lowest BCUT2D eigenvalue weighted by Gasteiger charge is -2.26. The van der Waals surface area contributed by atoms with Crippen molar-refractivity contribution in [3.05, 3.63) is 18.2 Å². The summed E-state index contributed by atoms with van der Waals surface area (Å²) in [6, 6.07) is 5.40. The van der Waals surface area contributed by atoms with Crippen LogP contribution in [0.5, 0.6) is 11.5 Å². The first-order valence-electron chi connectivity index (χ1n) is 8.99. The molecule has 0 radical (unpaired) electrons. The standard InChI is InChI=1S/C18H26N2O5S/c1-19(14-6-3-4-7-14)18(21)8-5-11-20(26(2,22)23)15-9-10-16-17(12-15)25-13-24-16/h9-10,12,14H,3-8,11,13H2,1-2H3. The van der Waals surface area contributed by atoms with Gasteiger partial charge in [0.05, 0.1) is 11.9 Å². The first-order chi connectivity index (χ1) is 12.4. The van der Waals surface area contributed by atoms with Crippen molar-refractivity contribution in [1.82, 2.24) is 4.90 Å². The van der Waals surface area contributed by atoms with Gasteiger partial charge in [-0.25, -0.2) is 8.42 Å². The molecule has 1 heterocycles. The van der Waals surface area contributed by atoms with E-state index in [1.807, 2.05) is 11.9 Å². The molecule has 1 aromatic rings. The Labute approximate surface area is 154 Å². The first kappa shape index (κ1) is 18.8. The Hall–Kier alpha value is -1.96. The Morgan fingerprint density at radius 2 is 1.88 bits per heavy atom. The maximum absolute atomic E-state index is 12.4. The largest absolute Gasteiger partial charge is 0.454 e. The van der Waals surface area contributed by atoms with Crippen molar-refractivity contribution in [3.8, 4) is 11.5 Å². The van der Waals surface area contributed by atoms with E-state index in [4.69, 9.17) is 9.47 Å². The maximum Gasteiger partial charge on any atom is 0.232 e. The summed E-state index contributed by atoms with van der Waals surface area (Å²) in [4.78, 5) is 14.2. The molecule has 26 heavy (non-hydrogen) atoms. The van der Waals surface area contributed by atoms with Gasteiger partial charge < -0.3 is 14.4 Å². The number of ether oxygens (including phenoxy) is 2. The molecule has 0 aromatic heterocycles. The van der Waals surface area contributed by atoms with Crippen LogP contribution < -0.4 is 13.8 Å². The molecular weight excluding hydrogens is 356 g/mol. The molecule has 0 atom stereocenters. The van der Waals surface area contributed by atoms with E-state index >= 15 is 0 Å². The molecule has 0 spiro atoms. The average molecular weight is 382 g/mol. The normalized spacial score (nSPS) is 16.7. The van der Waals surface area contributed by atoms with Crippen molar-refractivity contribution in [1.29, 1.82) is 0 Å². The lowest BCUT2D eigenvalue weighted by Crippen LogP contribution is -2.36. The SMILES string of the molecule is CN(C(=O)CCCN(c1ccc2c(c1)OCO2)S(C)(=O)=O)C1CCCC1. The molecule has 1 saturated carbocycles. The predicted octanol–water partition coefficient (Wildman–Crippen LogP) is 2.36. The van der Waals surface area contributed by atoms with Gasteiger partial charge in [0, 0.05) is 32.1 Å². The minimum absolute atomic E-state index is 0.0797. The Kier molecular flexibility index (Phi) is 5.60. The number of sulfonamides is 1. The quantitative estimate of drug-likeness (QED) is 0.724. The zero-order chi connectivity index (χ0) is 18.7. The lowest BCUT2D eigenvalue weighted by molar-refractivity contribution is -0.131. The second-order valence-electron chi connectivity index (χ2n) is 6.92. The van der Waals surface area contributed by atoms with E-state index < -0.39 is 10.0 Å². The number of fused-ring (bicyclic) bond motifs is 1. The third-order valence-electron chi connectivity index (χ3n) is 5.06. The molecule has 0 N–H and O–H groups in total. The maximum atomic E-state index is 12.4. The van der Waals surface area contributed by atoms with Gasteiger partial charge in [0.15, 0.2) is 11.5 Å². The molecule has 1 aliphatic heterocycles. The summed E-state index contributed by atoms with van der Waals surface area (Å²) in [5.41, 5.74) is 0.522. The van der Waals surface area contributed by atoms with Crippen molar-refractivity contribution in [3.63, 3.8) is 0 Å². The van der Waals surface area contributed by atoms with Crippen LogP contribution in [0.25, 0.3) is 0 Å². The van der Waals surface area contributed by atoms with Crippen LogP contribution in [0.3, 0.4) is 0 Å². The number of nitrogens with zero attached hydrogens (tertiary/aromatic N) is 2. The molecule has 1 amide bonds. The third-order valence-corrected chi connectivity index (χ3v) is 6.26. The molecule has 1 fully saturated rings. The third kappa shape index (κ3) is 4.23. The lowest BCUT2D eigenvalue weighted by atomic mass is 10.2. The average Bonchev–Trinajstić information content (AvgIpc) is 3.27. The van der Waals surface area contributed by atoms with Crippen LogP contribution in [0.15, 0.2) is 18.2 Å². The smallest absolute Gasteiger partial charge is 0.232 e. The van der Waals surface area contributed by atoms with Gasteiger partial charge in [-0.3, -0.25) is 9.10 Å². The van der Waals surface area contributed by atoms with E-state index in [9.17, 15) is 13.2 Å².